The Labute approximate surface area is 360 Å². The summed E-state index contributed by atoms with van der Waals surface area (Å²) in [4.78, 5) is 0. The largest absolute Gasteiger partial charge is 0.456 e. The lowest BCUT2D eigenvalue weighted by molar-refractivity contribution is 0.668. The zero-order valence-corrected chi connectivity index (χ0v) is 34.5. The standard InChI is InChI=1S/C61H40O/c1-61(2)59-42(29-15-30-52(59)58-46-23-5-3-20-43(46)44-21-4-10-28-51(44)60(58)61)39-17-14-19-41(35-39)57-49-26-8-6-24-47(49)56(48-25-7-9-27-50(48)57)40-18-13-16-37(34-40)38-32-33-55-53(36-38)45-22-11-12-31-54(45)62-55/h3-36H,1-2H3. The Kier molecular flexibility index (Phi) is 7.42. The SMILES string of the molecule is CC1(C)c2c(-c3cccc(-c4c5ccccc5c(-c5cccc(-c6ccc7oc8ccccc8c7c6)c5)c5ccccc45)c3)cccc2-c2c1c1ccccc1c1ccccc21. The summed E-state index contributed by atoms with van der Waals surface area (Å²) in [5, 5.41) is 12.6. The molecule has 13 rings (SSSR count). The summed E-state index contributed by atoms with van der Waals surface area (Å²) in [7, 11) is 0. The maximum absolute atomic E-state index is 6.18. The molecule has 0 saturated carbocycles. The molecule has 62 heavy (non-hydrogen) atoms. The van der Waals surface area contributed by atoms with Crippen LogP contribution in [0.5, 0.6) is 0 Å². The fourth-order valence-electron chi connectivity index (χ4n) is 11.2. The zero-order chi connectivity index (χ0) is 41.1. The van der Waals surface area contributed by atoms with Crippen molar-refractivity contribution < 1.29 is 4.42 Å². The molecule has 0 amide bonds. The fraction of sp³-hybridized carbons (Fsp3) is 0.0492. The second-order valence-electron chi connectivity index (χ2n) is 17.5. The van der Waals surface area contributed by atoms with Crippen molar-refractivity contribution in [3.05, 3.63) is 217 Å². The third-order valence-electron chi connectivity index (χ3n) is 13.8. The Balaban J connectivity index is 0.987. The van der Waals surface area contributed by atoms with Crippen LogP contribution in [0.15, 0.2) is 211 Å². The van der Waals surface area contributed by atoms with Crippen LogP contribution in [0.3, 0.4) is 0 Å². The van der Waals surface area contributed by atoms with Gasteiger partial charge in [-0.1, -0.05) is 190 Å². The van der Waals surface area contributed by atoms with E-state index >= 15 is 0 Å². The van der Waals surface area contributed by atoms with E-state index in [0.29, 0.717) is 0 Å². The number of furan rings is 1. The van der Waals surface area contributed by atoms with Gasteiger partial charge in [0.15, 0.2) is 0 Å². The normalized spacial score (nSPS) is 13.1. The quantitative estimate of drug-likeness (QED) is 0.128. The molecule has 1 aliphatic carbocycles. The summed E-state index contributed by atoms with van der Waals surface area (Å²) in [6.45, 7) is 4.86. The number of para-hydroxylation sites is 1. The molecule has 1 nitrogen and oxygen atoms in total. The molecule has 1 aliphatic rings. The monoisotopic (exact) mass is 788 g/mol. The molecule has 290 valence electrons. The van der Waals surface area contributed by atoms with Crippen molar-refractivity contribution in [2.75, 3.05) is 0 Å². The molecule has 1 heterocycles. The van der Waals surface area contributed by atoms with E-state index in [1.807, 2.05) is 12.1 Å². The van der Waals surface area contributed by atoms with E-state index < -0.39 is 0 Å². The van der Waals surface area contributed by atoms with Gasteiger partial charge in [0.25, 0.3) is 0 Å². The van der Waals surface area contributed by atoms with Crippen LogP contribution in [0.1, 0.15) is 25.0 Å². The van der Waals surface area contributed by atoms with E-state index in [4.69, 9.17) is 4.42 Å². The number of rotatable bonds is 4. The van der Waals surface area contributed by atoms with Gasteiger partial charge in [-0.15, -0.1) is 0 Å². The van der Waals surface area contributed by atoms with E-state index in [1.54, 1.807) is 0 Å². The van der Waals surface area contributed by atoms with Gasteiger partial charge in [-0.05, 0) is 140 Å². The van der Waals surface area contributed by atoms with Crippen LogP contribution in [-0.2, 0) is 5.41 Å². The second kappa shape index (κ2) is 13.1. The van der Waals surface area contributed by atoms with E-state index in [0.717, 1.165) is 21.9 Å². The molecule has 11 aromatic carbocycles. The van der Waals surface area contributed by atoms with Gasteiger partial charge >= 0.3 is 0 Å². The minimum Gasteiger partial charge on any atom is -0.456 e. The molecule has 1 aromatic heterocycles. The Morgan fingerprint density at radius 2 is 0.710 bits per heavy atom. The molecule has 0 N–H and O–H groups in total. The van der Waals surface area contributed by atoms with Crippen molar-refractivity contribution in [2.45, 2.75) is 19.3 Å². The molecule has 0 fully saturated rings. The summed E-state index contributed by atoms with van der Waals surface area (Å²) in [6, 6.07) is 76.1. The van der Waals surface area contributed by atoms with Crippen molar-refractivity contribution >= 4 is 65.0 Å². The van der Waals surface area contributed by atoms with Gasteiger partial charge in [0.05, 0.1) is 0 Å². The molecule has 0 radical (unpaired) electrons. The maximum atomic E-state index is 6.18. The van der Waals surface area contributed by atoms with Crippen LogP contribution in [0.4, 0.5) is 0 Å². The number of hydrogen-bond donors (Lipinski definition) is 0. The van der Waals surface area contributed by atoms with Crippen LogP contribution < -0.4 is 0 Å². The lowest BCUT2D eigenvalue weighted by Crippen LogP contribution is -2.17. The van der Waals surface area contributed by atoms with E-state index in [-0.39, 0.29) is 5.41 Å². The highest BCUT2D eigenvalue weighted by Crippen LogP contribution is 2.57. The molecule has 0 atom stereocenters. The smallest absolute Gasteiger partial charge is 0.135 e. The van der Waals surface area contributed by atoms with Crippen molar-refractivity contribution in [1.29, 1.82) is 0 Å². The molecule has 0 aliphatic heterocycles. The summed E-state index contributed by atoms with van der Waals surface area (Å²) in [5.41, 5.74) is 17.0. The van der Waals surface area contributed by atoms with Crippen molar-refractivity contribution in [3.8, 4) is 55.6 Å². The third-order valence-corrected chi connectivity index (χ3v) is 13.8. The molecule has 0 spiro atoms. The highest BCUT2D eigenvalue weighted by atomic mass is 16.3. The van der Waals surface area contributed by atoms with Gasteiger partial charge in [0.1, 0.15) is 11.2 Å². The number of benzene rings is 11. The van der Waals surface area contributed by atoms with Gasteiger partial charge in [-0.25, -0.2) is 0 Å². The van der Waals surface area contributed by atoms with Gasteiger partial charge in [-0.3, -0.25) is 0 Å². The lowest BCUT2D eigenvalue weighted by atomic mass is 9.76. The second-order valence-corrected chi connectivity index (χ2v) is 17.5. The molecule has 12 aromatic rings. The van der Waals surface area contributed by atoms with Gasteiger partial charge in [0, 0.05) is 16.2 Å². The van der Waals surface area contributed by atoms with Crippen molar-refractivity contribution in [1.82, 2.24) is 0 Å². The first-order chi connectivity index (χ1) is 30.5. The van der Waals surface area contributed by atoms with Crippen molar-refractivity contribution in [2.24, 2.45) is 0 Å². The summed E-state index contributed by atoms with van der Waals surface area (Å²) in [5.74, 6) is 0. The fourth-order valence-corrected chi connectivity index (χ4v) is 11.2. The van der Waals surface area contributed by atoms with E-state index in [9.17, 15) is 0 Å². The van der Waals surface area contributed by atoms with Gasteiger partial charge in [0.2, 0.25) is 0 Å². The average molecular weight is 789 g/mol. The minimum atomic E-state index is -0.214. The number of hydrogen-bond acceptors (Lipinski definition) is 1. The van der Waals surface area contributed by atoms with Crippen LogP contribution in [0.2, 0.25) is 0 Å². The van der Waals surface area contributed by atoms with Crippen molar-refractivity contribution in [3.63, 3.8) is 0 Å². The average Bonchev–Trinajstić information content (AvgIpc) is 3.82. The predicted molar refractivity (Wildman–Crippen MR) is 263 cm³/mol. The lowest BCUT2D eigenvalue weighted by Gasteiger charge is -2.26. The third kappa shape index (κ3) is 4.97. The molecule has 0 saturated heterocycles. The Morgan fingerprint density at radius 3 is 1.35 bits per heavy atom. The minimum absolute atomic E-state index is 0.214. The summed E-state index contributed by atoms with van der Waals surface area (Å²) in [6.07, 6.45) is 0. The topological polar surface area (TPSA) is 13.1 Å². The summed E-state index contributed by atoms with van der Waals surface area (Å²) >= 11 is 0. The Morgan fingerprint density at radius 1 is 0.274 bits per heavy atom. The van der Waals surface area contributed by atoms with Gasteiger partial charge < -0.3 is 4.42 Å². The zero-order valence-electron chi connectivity index (χ0n) is 34.5. The highest BCUT2D eigenvalue weighted by Gasteiger charge is 2.40. The maximum Gasteiger partial charge on any atom is 0.135 e. The highest BCUT2D eigenvalue weighted by molar-refractivity contribution is 6.22. The molecule has 0 bridgehead atoms. The van der Waals surface area contributed by atoms with Crippen LogP contribution in [-0.4, -0.2) is 0 Å². The molecule has 0 unspecified atom stereocenters. The summed E-state index contributed by atoms with van der Waals surface area (Å²) < 4.78 is 6.18. The first-order valence-electron chi connectivity index (χ1n) is 21.7. The first-order valence-corrected chi connectivity index (χ1v) is 21.7. The Hall–Kier alpha value is -7.74. The van der Waals surface area contributed by atoms with Crippen LogP contribution in [0.25, 0.3) is 121 Å². The first kappa shape index (κ1) is 35.1. The van der Waals surface area contributed by atoms with Crippen LogP contribution in [0, 0.1) is 0 Å². The molecule has 1 heteroatoms. The predicted octanol–water partition coefficient (Wildman–Crippen LogP) is 17.2. The Bertz CT molecular complexity index is 3780. The molecular formula is C61H40O. The van der Waals surface area contributed by atoms with E-state index in [2.05, 4.69) is 208 Å². The van der Waals surface area contributed by atoms with E-state index in [1.165, 1.54) is 110 Å². The molecular weight excluding hydrogens is 749 g/mol. The van der Waals surface area contributed by atoms with Crippen LogP contribution >= 0.6 is 0 Å². The van der Waals surface area contributed by atoms with Gasteiger partial charge in [-0.2, -0.15) is 0 Å². The number of fused-ring (bicyclic) bond motifs is 13.